The number of fused-ring (bicyclic) bond motifs is 1. The van der Waals surface area contributed by atoms with E-state index in [9.17, 15) is 9.59 Å². The number of hydrogen-bond donors (Lipinski definition) is 1. The molecule has 1 aliphatic heterocycles. The number of halogens is 1. The van der Waals surface area contributed by atoms with E-state index in [0.29, 0.717) is 11.3 Å². The number of nitrogens with one attached hydrogen (secondary N) is 1. The second kappa shape index (κ2) is 4.27. The fourth-order valence-electron chi connectivity index (χ4n) is 1.89. The van der Waals surface area contributed by atoms with Crippen LogP contribution in [-0.4, -0.2) is 21.2 Å². The van der Waals surface area contributed by atoms with Crippen molar-refractivity contribution in [3.05, 3.63) is 41.9 Å². The molecule has 0 saturated carbocycles. The van der Waals surface area contributed by atoms with Crippen molar-refractivity contribution in [3.8, 4) is 0 Å². The van der Waals surface area contributed by atoms with Crippen LogP contribution in [0, 0.1) is 6.92 Å². The van der Waals surface area contributed by atoms with E-state index < -0.39 is 0 Å². The number of pyridine rings is 1. The van der Waals surface area contributed by atoms with E-state index in [-0.39, 0.29) is 24.2 Å². The molecule has 0 bridgehead atoms. The number of aromatic nitrogens is 2. The van der Waals surface area contributed by atoms with Gasteiger partial charge in [0.05, 0.1) is 17.5 Å². The van der Waals surface area contributed by atoms with Crippen LogP contribution in [0.4, 0.5) is 0 Å². The topological polar surface area (TPSA) is 63.5 Å². The molecule has 92 valence electrons. The molecule has 6 heteroatoms. The van der Waals surface area contributed by atoms with E-state index >= 15 is 0 Å². The van der Waals surface area contributed by atoms with Crippen molar-refractivity contribution in [2.45, 2.75) is 6.92 Å². The molecule has 3 rings (SSSR count). The van der Waals surface area contributed by atoms with Crippen molar-refractivity contribution < 1.29 is 9.59 Å². The predicted octanol–water partition coefficient (Wildman–Crippen LogP) is 1.10. The number of carbonyl (C=O) groups is 2. The van der Waals surface area contributed by atoms with E-state index in [1.54, 1.807) is 10.6 Å². The molecule has 18 heavy (non-hydrogen) atoms. The lowest BCUT2D eigenvalue weighted by Gasteiger charge is -2.01. The zero-order valence-electron chi connectivity index (χ0n) is 9.51. The highest BCUT2D eigenvalue weighted by atomic mass is 35.5. The molecule has 2 aromatic rings. The maximum atomic E-state index is 11.6. The number of carbonyl (C=O) groups excluding carboxylic acids is 2. The first-order valence-electron chi connectivity index (χ1n) is 5.16. The number of nitrogens with zero attached hydrogens (tertiary/aromatic N) is 2. The highest BCUT2D eigenvalue weighted by molar-refractivity contribution is 6.33. The van der Waals surface area contributed by atoms with Crippen LogP contribution in [0.2, 0.25) is 0 Å². The van der Waals surface area contributed by atoms with Crippen LogP contribution >= 0.6 is 12.4 Å². The Morgan fingerprint density at radius 1 is 1.28 bits per heavy atom. The summed E-state index contributed by atoms with van der Waals surface area (Å²) in [6.07, 6.45) is 4.78. The third-order valence-electron chi connectivity index (χ3n) is 2.69. The van der Waals surface area contributed by atoms with Gasteiger partial charge in [-0.2, -0.15) is 0 Å². The van der Waals surface area contributed by atoms with Crippen LogP contribution in [0.25, 0.3) is 11.2 Å². The van der Waals surface area contributed by atoms with Gasteiger partial charge in [-0.15, -0.1) is 12.4 Å². The molecule has 0 fully saturated rings. The first-order chi connectivity index (χ1) is 8.15. The Bertz CT molecular complexity index is 688. The van der Waals surface area contributed by atoms with E-state index in [0.717, 1.165) is 11.2 Å². The lowest BCUT2D eigenvalue weighted by molar-refractivity contribution is -0.123. The van der Waals surface area contributed by atoms with Crippen LogP contribution in [-0.2, 0) is 9.59 Å². The average Bonchev–Trinajstić information content (AvgIpc) is 2.81. The van der Waals surface area contributed by atoms with Crippen molar-refractivity contribution in [1.82, 2.24) is 14.7 Å². The van der Waals surface area contributed by atoms with Gasteiger partial charge in [-0.1, -0.05) is 6.07 Å². The maximum Gasteiger partial charge on any atom is 0.260 e. The van der Waals surface area contributed by atoms with Crippen molar-refractivity contribution in [2.75, 3.05) is 0 Å². The van der Waals surface area contributed by atoms with Gasteiger partial charge in [-0.3, -0.25) is 19.3 Å². The molecule has 0 unspecified atom stereocenters. The second-order valence-corrected chi connectivity index (χ2v) is 3.95. The summed E-state index contributed by atoms with van der Waals surface area (Å²) in [4.78, 5) is 26.9. The molecule has 0 aliphatic carbocycles. The summed E-state index contributed by atoms with van der Waals surface area (Å²) in [6, 6.07) is 3.81. The summed E-state index contributed by atoms with van der Waals surface area (Å²) >= 11 is 0. The maximum absolute atomic E-state index is 11.6. The molecule has 2 aromatic heterocycles. The highest BCUT2D eigenvalue weighted by Crippen LogP contribution is 2.19. The first-order valence-corrected chi connectivity index (χ1v) is 5.16. The van der Waals surface area contributed by atoms with Gasteiger partial charge in [-0.25, -0.2) is 4.98 Å². The molecule has 0 saturated heterocycles. The Labute approximate surface area is 109 Å². The number of hydrogen-bond acceptors (Lipinski definition) is 3. The Balaban J connectivity index is 0.00000120. The number of imidazole rings is 1. The third kappa shape index (κ3) is 1.78. The molecule has 2 amide bonds. The molecule has 1 aliphatic rings. The minimum Gasteiger partial charge on any atom is -0.299 e. The van der Waals surface area contributed by atoms with E-state index in [2.05, 4.69) is 10.3 Å². The second-order valence-electron chi connectivity index (χ2n) is 3.95. The summed E-state index contributed by atoms with van der Waals surface area (Å²) in [5.74, 6) is -0.758. The molecule has 5 nitrogen and oxygen atoms in total. The van der Waals surface area contributed by atoms with Crippen LogP contribution in [0.1, 0.15) is 11.3 Å². The van der Waals surface area contributed by atoms with Crippen LogP contribution < -0.4 is 5.32 Å². The van der Waals surface area contributed by atoms with Crippen molar-refractivity contribution >= 4 is 35.4 Å². The number of rotatable bonds is 1. The first kappa shape index (κ1) is 12.3. The van der Waals surface area contributed by atoms with E-state index in [1.807, 2.05) is 25.3 Å². The zero-order valence-corrected chi connectivity index (χ0v) is 10.3. The van der Waals surface area contributed by atoms with Crippen LogP contribution in [0.5, 0.6) is 0 Å². The van der Waals surface area contributed by atoms with Gasteiger partial charge in [0.25, 0.3) is 11.8 Å². The Morgan fingerprint density at radius 3 is 2.72 bits per heavy atom. The molecule has 0 aromatic carbocycles. The monoisotopic (exact) mass is 263 g/mol. The lowest BCUT2D eigenvalue weighted by atomic mass is 10.2. The Morgan fingerprint density at radius 2 is 2.06 bits per heavy atom. The van der Waals surface area contributed by atoms with Crippen molar-refractivity contribution in [2.24, 2.45) is 0 Å². The number of aryl methyl sites for hydroxylation is 1. The summed E-state index contributed by atoms with van der Waals surface area (Å²) in [5, 5.41) is 2.22. The van der Waals surface area contributed by atoms with Gasteiger partial charge < -0.3 is 0 Å². The minimum atomic E-state index is -0.382. The molecule has 1 N–H and O–H groups in total. The summed E-state index contributed by atoms with van der Waals surface area (Å²) in [7, 11) is 0. The fraction of sp³-hybridized carbons (Fsp3) is 0.0833. The van der Waals surface area contributed by atoms with Crippen molar-refractivity contribution in [3.63, 3.8) is 0 Å². The van der Waals surface area contributed by atoms with Gasteiger partial charge in [0.2, 0.25) is 0 Å². The average molecular weight is 264 g/mol. The van der Waals surface area contributed by atoms with Gasteiger partial charge in [0, 0.05) is 12.3 Å². The lowest BCUT2D eigenvalue weighted by Crippen LogP contribution is -2.22. The summed E-state index contributed by atoms with van der Waals surface area (Å²) < 4.78 is 1.80. The predicted molar refractivity (Wildman–Crippen MR) is 68.3 cm³/mol. The Kier molecular flexibility index (Phi) is 2.92. The number of amides is 2. The van der Waals surface area contributed by atoms with Gasteiger partial charge >= 0.3 is 0 Å². The molecule has 0 spiro atoms. The van der Waals surface area contributed by atoms with Crippen molar-refractivity contribution in [1.29, 1.82) is 0 Å². The molecule has 3 heterocycles. The molecular formula is C12H10ClN3O2. The largest absolute Gasteiger partial charge is 0.299 e. The molecule has 0 atom stereocenters. The smallest absolute Gasteiger partial charge is 0.260 e. The van der Waals surface area contributed by atoms with Gasteiger partial charge in [-0.05, 0) is 18.6 Å². The fourth-order valence-corrected chi connectivity index (χ4v) is 1.89. The quantitative estimate of drug-likeness (QED) is 0.784. The van der Waals surface area contributed by atoms with Crippen LogP contribution in [0.15, 0.2) is 30.6 Å². The molecular weight excluding hydrogens is 254 g/mol. The number of imide groups is 1. The van der Waals surface area contributed by atoms with Gasteiger partial charge in [0.15, 0.2) is 0 Å². The third-order valence-corrected chi connectivity index (χ3v) is 2.69. The summed E-state index contributed by atoms with van der Waals surface area (Å²) in [6.45, 7) is 1.96. The van der Waals surface area contributed by atoms with E-state index in [1.165, 1.54) is 6.08 Å². The van der Waals surface area contributed by atoms with Gasteiger partial charge in [0.1, 0.15) is 5.65 Å². The standard InChI is InChI=1S/C12H9N3O2.ClH/c1-7-2-3-10-13-5-9(15(10)6-7)8-4-11(16)14-12(8)17;/h2-6H,1H3,(H,14,16,17);1H. The summed E-state index contributed by atoms with van der Waals surface area (Å²) in [5.41, 5.74) is 2.79. The minimum absolute atomic E-state index is 0. The highest BCUT2D eigenvalue weighted by Gasteiger charge is 2.24. The zero-order chi connectivity index (χ0) is 12.0. The normalized spacial score (nSPS) is 14.4. The Hall–Kier alpha value is -2.14. The SMILES string of the molecule is Cc1ccc2ncc(C3=CC(=O)NC3=O)n2c1.Cl. The molecule has 0 radical (unpaired) electrons. The van der Waals surface area contributed by atoms with Crippen LogP contribution in [0.3, 0.4) is 0 Å². The van der Waals surface area contributed by atoms with E-state index in [4.69, 9.17) is 0 Å².